The maximum Gasteiger partial charge on any atom is 0.194 e. The second-order valence-electron chi connectivity index (χ2n) is 5.00. The van der Waals surface area contributed by atoms with E-state index in [1.807, 2.05) is 24.4 Å². The summed E-state index contributed by atoms with van der Waals surface area (Å²) >= 11 is 1.69. The highest BCUT2D eigenvalue weighted by Crippen LogP contribution is 2.21. The molecule has 0 radical (unpaired) electrons. The van der Waals surface area contributed by atoms with Crippen LogP contribution in [0.5, 0.6) is 0 Å². The van der Waals surface area contributed by atoms with E-state index in [2.05, 4.69) is 45.8 Å². The maximum absolute atomic E-state index is 4.61. The largest absolute Gasteiger partial charge is 0.303 e. The molecule has 104 valence electrons. The molecule has 4 nitrogen and oxygen atoms in total. The number of nitrogens with one attached hydrogen (secondary N) is 1. The highest BCUT2D eigenvalue weighted by atomic mass is 32.1. The van der Waals surface area contributed by atoms with Gasteiger partial charge in [0.05, 0.1) is 17.1 Å². The van der Waals surface area contributed by atoms with E-state index in [4.69, 9.17) is 0 Å². The molecule has 1 atom stereocenters. The van der Waals surface area contributed by atoms with Gasteiger partial charge in [0.1, 0.15) is 0 Å². The molecule has 3 rings (SSSR count). The summed E-state index contributed by atoms with van der Waals surface area (Å²) in [6.45, 7) is 7.12. The van der Waals surface area contributed by atoms with Gasteiger partial charge < -0.3 is 5.32 Å². The van der Waals surface area contributed by atoms with Gasteiger partial charge in [0, 0.05) is 29.9 Å². The molecule has 3 aromatic rings. The summed E-state index contributed by atoms with van der Waals surface area (Å²) in [5.41, 5.74) is 4.64. The third kappa shape index (κ3) is 2.34. The number of hydrogen-bond acceptors (Lipinski definition) is 4. The highest BCUT2D eigenvalue weighted by molar-refractivity contribution is 7.15. The van der Waals surface area contributed by atoms with E-state index in [9.17, 15) is 0 Å². The van der Waals surface area contributed by atoms with E-state index in [0.717, 1.165) is 22.9 Å². The van der Waals surface area contributed by atoms with Crippen molar-refractivity contribution >= 4 is 16.3 Å². The lowest BCUT2D eigenvalue weighted by Crippen LogP contribution is -2.20. The van der Waals surface area contributed by atoms with E-state index in [-0.39, 0.29) is 6.04 Å². The van der Waals surface area contributed by atoms with Crippen LogP contribution >= 0.6 is 11.3 Å². The topological polar surface area (TPSA) is 42.2 Å². The molecule has 0 bridgehead atoms. The monoisotopic (exact) mass is 286 g/mol. The van der Waals surface area contributed by atoms with E-state index in [1.165, 1.54) is 11.4 Å². The molecule has 0 aliphatic heterocycles. The highest BCUT2D eigenvalue weighted by Gasteiger charge is 2.13. The number of aryl methyl sites for hydroxylation is 2. The predicted molar refractivity (Wildman–Crippen MR) is 82.0 cm³/mol. The lowest BCUT2D eigenvalue weighted by Gasteiger charge is -2.13. The Labute approximate surface area is 122 Å². The van der Waals surface area contributed by atoms with Gasteiger partial charge in [0.25, 0.3) is 0 Å². The molecule has 0 saturated carbocycles. The maximum atomic E-state index is 4.61. The summed E-state index contributed by atoms with van der Waals surface area (Å²) in [5.74, 6) is 0. The molecular weight excluding hydrogens is 268 g/mol. The zero-order valence-electron chi connectivity index (χ0n) is 11.9. The first kappa shape index (κ1) is 13.3. The van der Waals surface area contributed by atoms with Crippen molar-refractivity contribution in [3.63, 3.8) is 0 Å². The minimum Gasteiger partial charge on any atom is -0.303 e. The summed E-state index contributed by atoms with van der Waals surface area (Å²) in [6, 6.07) is 6.23. The van der Waals surface area contributed by atoms with Crippen molar-refractivity contribution in [2.75, 3.05) is 0 Å². The summed E-state index contributed by atoms with van der Waals surface area (Å²) in [7, 11) is 0. The van der Waals surface area contributed by atoms with Gasteiger partial charge >= 0.3 is 0 Å². The van der Waals surface area contributed by atoms with Crippen LogP contribution in [0.1, 0.15) is 35.7 Å². The number of thiazole rings is 1. The molecule has 20 heavy (non-hydrogen) atoms. The normalized spacial score (nSPS) is 12.9. The Morgan fingerprint density at radius 2 is 2.20 bits per heavy atom. The molecule has 0 spiro atoms. The fourth-order valence-electron chi connectivity index (χ4n) is 2.36. The summed E-state index contributed by atoms with van der Waals surface area (Å²) in [6.07, 6.45) is 1.83. The number of nitrogens with zero attached hydrogens (tertiary/aromatic N) is 3. The Morgan fingerprint density at radius 3 is 2.95 bits per heavy atom. The van der Waals surface area contributed by atoms with Crippen LogP contribution in [0.4, 0.5) is 0 Å². The van der Waals surface area contributed by atoms with Gasteiger partial charge in [-0.05, 0) is 32.9 Å². The Kier molecular flexibility index (Phi) is 3.54. The average Bonchev–Trinajstić information content (AvgIpc) is 2.97. The molecule has 1 N–H and O–H groups in total. The molecule has 0 aliphatic rings. The smallest absolute Gasteiger partial charge is 0.194 e. The Morgan fingerprint density at radius 1 is 1.35 bits per heavy atom. The average molecular weight is 286 g/mol. The number of imidazole rings is 1. The fourth-order valence-corrected chi connectivity index (χ4v) is 3.29. The van der Waals surface area contributed by atoms with Gasteiger partial charge in [0.2, 0.25) is 0 Å². The van der Waals surface area contributed by atoms with Crippen molar-refractivity contribution in [2.24, 2.45) is 0 Å². The predicted octanol–water partition coefficient (Wildman–Crippen LogP) is 3.26. The van der Waals surface area contributed by atoms with Crippen molar-refractivity contribution in [2.45, 2.75) is 33.4 Å². The van der Waals surface area contributed by atoms with Crippen LogP contribution in [0.3, 0.4) is 0 Å². The van der Waals surface area contributed by atoms with E-state index in [1.54, 1.807) is 11.3 Å². The van der Waals surface area contributed by atoms with Crippen LogP contribution in [0.2, 0.25) is 0 Å². The lowest BCUT2D eigenvalue weighted by atomic mass is 10.2. The third-order valence-corrected chi connectivity index (χ3v) is 4.48. The van der Waals surface area contributed by atoms with E-state index < -0.39 is 0 Å². The minimum atomic E-state index is 0.222. The molecular formula is C15H18N4S. The van der Waals surface area contributed by atoms with Crippen LogP contribution < -0.4 is 5.32 Å². The molecule has 0 fully saturated rings. The van der Waals surface area contributed by atoms with Crippen LogP contribution in [0.15, 0.2) is 29.8 Å². The van der Waals surface area contributed by atoms with Crippen LogP contribution in [0, 0.1) is 13.8 Å². The van der Waals surface area contributed by atoms with Gasteiger partial charge in [-0.3, -0.25) is 9.38 Å². The second-order valence-corrected chi connectivity index (χ2v) is 5.83. The Hall–Kier alpha value is -1.72. The third-order valence-electron chi connectivity index (χ3n) is 3.54. The first-order valence-corrected chi connectivity index (χ1v) is 7.61. The van der Waals surface area contributed by atoms with Crippen molar-refractivity contribution < 1.29 is 0 Å². The van der Waals surface area contributed by atoms with Gasteiger partial charge in [-0.25, -0.2) is 4.98 Å². The molecule has 0 amide bonds. The Balaban J connectivity index is 1.80. The van der Waals surface area contributed by atoms with Crippen LogP contribution in [0.25, 0.3) is 4.96 Å². The van der Waals surface area contributed by atoms with Gasteiger partial charge in [0.15, 0.2) is 4.96 Å². The molecule has 5 heteroatoms. The van der Waals surface area contributed by atoms with Crippen LogP contribution in [-0.4, -0.2) is 14.4 Å². The SMILES string of the molecule is Cc1nc2scc(C)n2c1CN[C@H](C)c1ccccn1. The standard InChI is InChI=1S/C15H18N4S/c1-10-9-20-15-18-12(3)14(19(10)15)8-17-11(2)13-6-4-5-7-16-13/h4-7,9,11,17H,8H2,1-3H3/t11-/m1/s1. The Bertz CT molecular complexity index is 714. The number of rotatable bonds is 4. The summed E-state index contributed by atoms with van der Waals surface area (Å²) < 4.78 is 2.23. The van der Waals surface area contributed by atoms with Gasteiger partial charge in [-0.15, -0.1) is 11.3 Å². The molecule has 0 aliphatic carbocycles. The molecule has 3 heterocycles. The molecule has 3 aromatic heterocycles. The zero-order valence-corrected chi connectivity index (χ0v) is 12.7. The van der Waals surface area contributed by atoms with E-state index in [0.29, 0.717) is 0 Å². The lowest BCUT2D eigenvalue weighted by molar-refractivity contribution is 0.551. The minimum absolute atomic E-state index is 0.222. The summed E-state index contributed by atoms with van der Waals surface area (Å²) in [4.78, 5) is 10.1. The zero-order chi connectivity index (χ0) is 14.1. The van der Waals surface area contributed by atoms with Crippen molar-refractivity contribution in [3.05, 3.63) is 52.6 Å². The molecule has 0 saturated heterocycles. The quantitative estimate of drug-likeness (QED) is 0.800. The number of aromatic nitrogens is 3. The van der Waals surface area contributed by atoms with Crippen molar-refractivity contribution in [3.8, 4) is 0 Å². The van der Waals surface area contributed by atoms with E-state index >= 15 is 0 Å². The van der Waals surface area contributed by atoms with Crippen LogP contribution in [-0.2, 0) is 6.54 Å². The number of pyridine rings is 1. The van der Waals surface area contributed by atoms with Gasteiger partial charge in [-0.1, -0.05) is 6.07 Å². The summed E-state index contributed by atoms with van der Waals surface area (Å²) in [5, 5.41) is 5.68. The molecule has 0 aromatic carbocycles. The first-order chi connectivity index (χ1) is 9.66. The number of hydrogen-bond donors (Lipinski definition) is 1. The van der Waals surface area contributed by atoms with Gasteiger partial charge in [-0.2, -0.15) is 0 Å². The van der Waals surface area contributed by atoms with Crippen molar-refractivity contribution in [1.29, 1.82) is 0 Å². The first-order valence-electron chi connectivity index (χ1n) is 6.73. The number of fused-ring (bicyclic) bond motifs is 1. The molecule has 0 unspecified atom stereocenters. The van der Waals surface area contributed by atoms with Crippen molar-refractivity contribution in [1.82, 2.24) is 19.7 Å². The fraction of sp³-hybridized carbons (Fsp3) is 0.333. The second kappa shape index (κ2) is 5.34.